The van der Waals surface area contributed by atoms with Crippen molar-refractivity contribution in [2.75, 3.05) is 20.1 Å². The fourth-order valence-corrected chi connectivity index (χ4v) is 3.41. The fourth-order valence-electron chi connectivity index (χ4n) is 2.69. The minimum atomic E-state index is -0.142. The number of nitrogens with one attached hydrogen (secondary N) is 1. The van der Waals surface area contributed by atoms with Crippen LogP contribution < -0.4 is 10.9 Å². The van der Waals surface area contributed by atoms with E-state index in [2.05, 4.69) is 10.3 Å². The van der Waals surface area contributed by atoms with Gasteiger partial charge in [0, 0.05) is 19.1 Å². The number of hydrogen-bond acceptors (Lipinski definition) is 5. The average molecular weight is 343 g/mol. The highest BCUT2D eigenvalue weighted by Crippen LogP contribution is 2.14. The van der Waals surface area contributed by atoms with E-state index in [1.54, 1.807) is 6.07 Å². The Kier molecular flexibility index (Phi) is 5.55. The van der Waals surface area contributed by atoms with Crippen LogP contribution in [0.3, 0.4) is 0 Å². The number of piperidine rings is 1. The molecule has 3 heterocycles. The number of likely N-dealkylation sites (N-methyl/N-ethyl adjacent to an activating group) is 1. The number of thiophene rings is 1. The molecule has 0 aromatic carbocycles. The number of carbonyl (C=O) groups is 1. The summed E-state index contributed by atoms with van der Waals surface area (Å²) in [4.78, 5) is 31.4. The maximum atomic E-state index is 12.4. The van der Waals surface area contributed by atoms with Crippen molar-refractivity contribution in [3.8, 4) is 0 Å². The number of aromatic nitrogens is 2. The molecule has 0 bridgehead atoms. The number of rotatable bonds is 3. The standard InChI is InChI=1S/C14H18N4O2S.ClH/c1-15-10-3-2-5-17(7-10)12(19)8-18-9-16-13-11(14(18)20)4-6-21-13;/h4,6,9-10,15H,2-3,5,7-8H2,1H3;1H. The predicted molar refractivity (Wildman–Crippen MR) is 89.8 cm³/mol. The van der Waals surface area contributed by atoms with E-state index in [1.165, 1.54) is 22.2 Å². The number of fused-ring (bicyclic) bond motifs is 1. The summed E-state index contributed by atoms with van der Waals surface area (Å²) in [5.41, 5.74) is -0.142. The fraction of sp³-hybridized carbons (Fsp3) is 0.500. The third kappa shape index (κ3) is 3.31. The molecule has 1 aliphatic heterocycles. The van der Waals surface area contributed by atoms with E-state index in [0.29, 0.717) is 18.0 Å². The van der Waals surface area contributed by atoms with Crippen molar-refractivity contribution in [2.24, 2.45) is 0 Å². The number of likely N-dealkylation sites (tertiary alicyclic amines) is 1. The van der Waals surface area contributed by atoms with Gasteiger partial charge in [-0.15, -0.1) is 23.7 Å². The molecule has 120 valence electrons. The molecule has 2 aromatic rings. The molecule has 1 atom stereocenters. The van der Waals surface area contributed by atoms with Crippen LogP contribution in [0.2, 0.25) is 0 Å². The minimum absolute atomic E-state index is 0. The van der Waals surface area contributed by atoms with E-state index >= 15 is 0 Å². The van der Waals surface area contributed by atoms with Gasteiger partial charge >= 0.3 is 0 Å². The van der Waals surface area contributed by atoms with E-state index in [4.69, 9.17) is 0 Å². The lowest BCUT2D eigenvalue weighted by atomic mass is 10.1. The van der Waals surface area contributed by atoms with Gasteiger partial charge in [-0.05, 0) is 31.3 Å². The summed E-state index contributed by atoms with van der Waals surface area (Å²) in [7, 11) is 1.91. The van der Waals surface area contributed by atoms with E-state index in [9.17, 15) is 9.59 Å². The predicted octanol–water partition coefficient (Wildman–Crippen LogP) is 1.09. The second kappa shape index (κ2) is 7.21. The van der Waals surface area contributed by atoms with Gasteiger partial charge in [-0.2, -0.15) is 0 Å². The normalized spacial score (nSPS) is 18.2. The summed E-state index contributed by atoms with van der Waals surface area (Å²) in [6.07, 6.45) is 3.55. The summed E-state index contributed by atoms with van der Waals surface area (Å²) >= 11 is 1.43. The van der Waals surface area contributed by atoms with Gasteiger partial charge in [0.1, 0.15) is 11.4 Å². The summed E-state index contributed by atoms with van der Waals surface area (Å²) in [5.74, 6) is -0.0200. The molecular formula is C14H19ClN4O2S. The number of amides is 1. The van der Waals surface area contributed by atoms with E-state index in [1.807, 2.05) is 17.3 Å². The van der Waals surface area contributed by atoms with Crippen LogP contribution in [0.1, 0.15) is 12.8 Å². The topological polar surface area (TPSA) is 67.2 Å². The van der Waals surface area contributed by atoms with Crippen molar-refractivity contribution in [3.05, 3.63) is 28.1 Å². The number of halogens is 1. The van der Waals surface area contributed by atoms with Crippen LogP contribution in [-0.2, 0) is 11.3 Å². The van der Waals surface area contributed by atoms with Gasteiger partial charge in [-0.25, -0.2) is 4.98 Å². The molecule has 0 spiro atoms. The third-order valence-electron chi connectivity index (χ3n) is 3.94. The minimum Gasteiger partial charge on any atom is -0.340 e. The largest absolute Gasteiger partial charge is 0.340 e. The third-order valence-corrected chi connectivity index (χ3v) is 4.76. The summed E-state index contributed by atoms with van der Waals surface area (Å²) in [6.45, 7) is 1.53. The molecule has 6 nitrogen and oxygen atoms in total. The molecule has 1 unspecified atom stereocenters. The van der Waals surface area contributed by atoms with E-state index in [-0.39, 0.29) is 30.4 Å². The molecule has 1 aliphatic rings. The number of hydrogen-bond donors (Lipinski definition) is 1. The number of carbonyl (C=O) groups excluding carboxylic acids is 1. The van der Waals surface area contributed by atoms with Gasteiger partial charge in [0.05, 0.1) is 11.7 Å². The lowest BCUT2D eigenvalue weighted by Crippen LogP contribution is -2.48. The molecular weight excluding hydrogens is 324 g/mol. The van der Waals surface area contributed by atoms with Gasteiger partial charge in [0.2, 0.25) is 5.91 Å². The molecule has 22 heavy (non-hydrogen) atoms. The van der Waals surface area contributed by atoms with E-state index in [0.717, 1.165) is 24.2 Å². The molecule has 1 N–H and O–H groups in total. The Hall–Kier alpha value is -1.44. The van der Waals surface area contributed by atoms with Crippen LogP contribution in [0.15, 0.2) is 22.6 Å². The molecule has 0 aliphatic carbocycles. The lowest BCUT2D eigenvalue weighted by Gasteiger charge is -2.32. The van der Waals surface area contributed by atoms with Crippen molar-refractivity contribution < 1.29 is 4.79 Å². The van der Waals surface area contributed by atoms with Crippen molar-refractivity contribution in [1.82, 2.24) is 19.8 Å². The second-order valence-electron chi connectivity index (χ2n) is 5.28. The molecule has 1 amide bonds. The van der Waals surface area contributed by atoms with Gasteiger partial charge in [-0.1, -0.05) is 0 Å². The molecule has 0 radical (unpaired) electrons. The van der Waals surface area contributed by atoms with Crippen molar-refractivity contribution in [2.45, 2.75) is 25.4 Å². The Morgan fingerprint density at radius 1 is 1.55 bits per heavy atom. The Morgan fingerprint density at radius 3 is 3.14 bits per heavy atom. The van der Waals surface area contributed by atoms with Gasteiger partial charge in [0.15, 0.2) is 0 Å². The highest BCUT2D eigenvalue weighted by atomic mass is 35.5. The van der Waals surface area contributed by atoms with Crippen molar-refractivity contribution >= 4 is 39.9 Å². The zero-order valence-electron chi connectivity index (χ0n) is 12.3. The summed E-state index contributed by atoms with van der Waals surface area (Å²) < 4.78 is 1.40. The maximum absolute atomic E-state index is 12.4. The second-order valence-corrected chi connectivity index (χ2v) is 6.18. The highest BCUT2D eigenvalue weighted by molar-refractivity contribution is 7.16. The SMILES string of the molecule is CNC1CCCN(C(=O)Cn2cnc3sccc3c2=O)C1.Cl. The Morgan fingerprint density at radius 2 is 2.36 bits per heavy atom. The Bertz CT molecular complexity index is 714. The van der Waals surface area contributed by atoms with E-state index < -0.39 is 0 Å². The van der Waals surface area contributed by atoms with Crippen LogP contribution in [0.5, 0.6) is 0 Å². The van der Waals surface area contributed by atoms with Gasteiger partial charge in [-0.3, -0.25) is 14.2 Å². The van der Waals surface area contributed by atoms with Gasteiger partial charge in [0.25, 0.3) is 5.56 Å². The molecule has 2 aromatic heterocycles. The molecule has 3 rings (SSSR count). The summed E-state index contributed by atoms with van der Waals surface area (Å²) in [5, 5.41) is 5.64. The highest BCUT2D eigenvalue weighted by Gasteiger charge is 2.23. The summed E-state index contributed by atoms with van der Waals surface area (Å²) in [6, 6.07) is 2.10. The quantitative estimate of drug-likeness (QED) is 0.906. The maximum Gasteiger partial charge on any atom is 0.262 e. The van der Waals surface area contributed by atoms with Crippen molar-refractivity contribution in [3.63, 3.8) is 0 Å². The van der Waals surface area contributed by atoms with Crippen LogP contribution >= 0.6 is 23.7 Å². The first-order valence-corrected chi connectivity index (χ1v) is 7.94. The van der Waals surface area contributed by atoms with Crippen LogP contribution in [0, 0.1) is 0 Å². The Labute approximate surface area is 138 Å². The smallest absolute Gasteiger partial charge is 0.262 e. The first-order chi connectivity index (χ1) is 10.2. The van der Waals surface area contributed by atoms with Crippen LogP contribution in [-0.4, -0.2) is 46.5 Å². The number of nitrogens with zero attached hydrogens (tertiary/aromatic N) is 3. The van der Waals surface area contributed by atoms with Crippen molar-refractivity contribution in [1.29, 1.82) is 0 Å². The first kappa shape index (κ1) is 16.9. The molecule has 1 saturated heterocycles. The molecule has 1 fully saturated rings. The van der Waals surface area contributed by atoms with Crippen LogP contribution in [0.4, 0.5) is 0 Å². The first-order valence-electron chi connectivity index (χ1n) is 7.06. The molecule has 0 saturated carbocycles. The monoisotopic (exact) mass is 342 g/mol. The molecule has 8 heteroatoms. The Balaban J connectivity index is 0.00000176. The lowest BCUT2D eigenvalue weighted by molar-refractivity contribution is -0.133. The van der Waals surface area contributed by atoms with Crippen LogP contribution in [0.25, 0.3) is 10.2 Å². The average Bonchev–Trinajstić information content (AvgIpc) is 2.99. The zero-order valence-corrected chi connectivity index (χ0v) is 14.0. The van der Waals surface area contributed by atoms with Gasteiger partial charge < -0.3 is 10.2 Å². The zero-order chi connectivity index (χ0) is 14.8.